The average molecular weight is 255 g/mol. The van der Waals surface area contributed by atoms with E-state index < -0.39 is 11.9 Å². The molecule has 0 saturated carbocycles. The molecule has 2 rings (SSSR count). The Balaban J connectivity index is 2.52. The summed E-state index contributed by atoms with van der Waals surface area (Å²) in [6.07, 6.45) is -4.47. The van der Waals surface area contributed by atoms with Crippen molar-refractivity contribution in [2.75, 3.05) is 0 Å². The summed E-state index contributed by atoms with van der Waals surface area (Å²) in [4.78, 5) is 0. The van der Waals surface area contributed by atoms with Crippen LogP contribution >= 0.6 is 0 Å². The van der Waals surface area contributed by atoms with Gasteiger partial charge in [0, 0.05) is 17.7 Å². The van der Waals surface area contributed by atoms with Gasteiger partial charge in [-0.2, -0.15) is 18.3 Å². The summed E-state index contributed by atoms with van der Waals surface area (Å²) in [6.45, 7) is 1.69. The smallest absolute Gasteiger partial charge is 0.326 e. The third kappa shape index (κ3) is 2.24. The first-order valence-electron chi connectivity index (χ1n) is 5.35. The maximum atomic E-state index is 12.7. The van der Waals surface area contributed by atoms with Crippen LogP contribution in [0, 0.1) is 6.92 Å². The van der Waals surface area contributed by atoms with Crippen molar-refractivity contribution in [3.63, 3.8) is 0 Å². The van der Waals surface area contributed by atoms with Crippen LogP contribution in [0.2, 0.25) is 0 Å². The first-order valence-corrected chi connectivity index (χ1v) is 5.35. The van der Waals surface area contributed by atoms with Gasteiger partial charge in [-0.3, -0.25) is 5.10 Å². The number of nitrogens with one attached hydrogen (secondary N) is 1. The zero-order chi connectivity index (χ0) is 13.3. The van der Waals surface area contributed by atoms with Crippen molar-refractivity contribution in [3.05, 3.63) is 41.1 Å². The standard InChI is InChI=1S/C12H12F3N3/c1-7-2-4-8(5-3-7)10-9(6-16)11(18-17-10)12(13,14)15/h2-5H,6,16H2,1H3,(H,17,18). The second kappa shape index (κ2) is 4.45. The van der Waals surface area contributed by atoms with Crippen LogP contribution in [0.4, 0.5) is 13.2 Å². The van der Waals surface area contributed by atoms with Gasteiger partial charge in [0.05, 0.1) is 5.69 Å². The van der Waals surface area contributed by atoms with E-state index in [1.807, 2.05) is 24.2 Å². The highest BCUT2D eigenvalue weighted by atomic mass is 19.4. The van der Waals surface area contributed by atoms with Gasteiger partial charge in [-0.25, -0.2) is 0 Å². The molecule has 0 bridgehead atoms. The number of benzene rings is 1. The Labute approximate surface area is 102 Å². The van der Waals surface area contributed by atoms with Gasteiger partial charge in [0.15, 0.2) is 0 Å². The quantitative estimate of drug-likeness (QED) is 0.866. The fraction of sp³-hybridized carbons (Fsp3) is 0.250. The Morgan fingerprint density at radius 1 is 1.22 bits per heavy atom. The molecule has 3 nitrogen and oxygen atoms in total. The van der Waals surface area contributed by atoms with E-state index in [1.54, 1.807) is 12.1 Å². The molecule has 1 aromatic heterocycles. The fourth-order valence-electron chi connectivity index (χ4n) is 1.75. The predicted molar refractivity (Wildman–Crippen MR) is 61.7 cm³/mol. The molecule has 0 spiro atoms. The molecule has 3 N–H and O–H groups in total. The van der Waals surface area contributed by atoms with Gasteiger partial charge in [-0.1, -0.05) is 29.8 Å². The normalized spacial score (nSPS) is 11.8. The monoisotopic (exact) mass is 255 g/mol. The molecule has 2 aromatic rings. The van der Waals surface area contributed by atoms with E-state index in [4.69, 9.17) is 5.73 Å². The van der Waals surface area contributed by atoms with Crippen molar-refractivity contribution in [1.29, 1.82) is 0 Å². The van der Waals surface area contributed by atoms with Crippen LogP contribution in [-0.4, -0.2) is 10.2 Å². The van der Waals surface area contributed by atoms with Crippen LogP contribution in [0.25, 0.3) is 11.3 Å². The lowest BCUT2D eigenvalue weighted by molar-refractivity contribution is -0.141. The molecule has 0 radical (unpaired) electrons. The maximum Gasteiger partial charge on any atom is 0.433 e. The molecule has 0 aliphatic heterocycles. The highest BCUT2D eigenvalue weighted by Crippen LogP contribution is 2.34. The highest BCUT2D eigenvalue weighted by Gasteiger charge is 2.36. The number of aromatic amines is 1. The SMILES string of the molecule is Cc1ccc(-c2n[nH]c(C(F)(F)F)c2CN)cc1. The van der Waals surface area contributed by atoms with Crippen molar-refractivity contribution in [3.8, 4) is 11.3 Å². The first kappa shape index (κ1) is 12.6. The molecule has 6 heteroatoms. The number of alkyl halides is 3. The lowest BCUT2D eigenvalue weighted by Gasteiger charge is -2.06. The van der Waals surface area contributed by atoms with Crippen LogP contribution in [0.15, 0.2) is 24.3 Å². The zero-order valence-corrected chi connectivity index (χ0v) is 9.67. The van der Waals surface area contributed by atoms with Gasteiger partial charge in [0.25, 0.3) is 0 Å². The summed E-state index contributed by atoms with van der Waals surface area (Å²) < 4.78 is 38.1. The third-order valence-electron chi connectivity index (χ3n) is 2.68. The van der Waals surface area contributed by atoms with Crippen LogP contribution < -0.4 is 5.73 Å². The van der Waals surface area contributed by atoms with Crippen LogP contribution in [-0.2, 0) is 12.7 Å². The fourth-order valence-corrected chi connectivity index (χ4v) is 1.75. The van der Waals surface area contributed by atoms with Crippen LogP contribution in [0.3, 0.4) is 0 Å². The largest absolute Gasteiger partial charge is 0.433 e. The number of hydrogen-bond acceptors (Lipinski definition) is 2. The average Bonchev–Trinajstić information content (AvgIpc) is 2.73. The molecule has 0 amide bonds. The maximum absolute atomic E-state index is 12.7. The van der Waals surface area contributed by atoms with Crippen molar-refractivity contribution in [2.45, 2.75) is 19.6 Å². The minimum absolute atomic E-state index is 0.00801. The number of halogens is 3. The number of rotatable bonds is 2. The van der Waals surface area contributed by atoms with Gasteiger partial charge in [0.2, 0.25) is 0 Å². The number of hydrogen-bond donors (Lipinski definition) is 2. The van der Waals surface area contributed by atoms with E-state index in [0.29, 0.717) is 5.56 Å². The van der Waals surface area contributed by atoms with E-state index in [2.05, 4.69) is 5.10 Å². The molecule has 96 valence electrons. The lowest BCUT2D eigenvalue weighted by atomic mass is 10.0. The summed E-state index contributed by atoms with van der Waals surface area (Å²) >= 11 is 0. The molecular formula is C12H12F3N3. The van der Waals surface area contributed by atoms with E-state index in [-0.39, 0.29) is 17.8 Å². The number of aryl methyl sites for hydroxylation is 1. The van der Waals surface area contributed by atoms with E-state index in [0.717, 1.165) is 5.56 Å². The van der Waals surface area contributed by atoms with Gasteiger partial charge in [-0.15, -0.1) is 0 Å². The van der Waals surface area contributed by atoms with E-state index in [9.17, 15) is 13.2 Å². The minimum Gasteiger partial charge on any atom is -0.326 e. The minimum atomic E-state index is -4.47. The van der Waals surface area contributed by atoms with Crippen molar-refractivity contribution in [2.24, 2.45) is 5.73 Å². The predicted octanol–water partition coefficient (Wildman–Crippen LogP) is 2.86. The first-order chi connectivity index (χ1) is 8.43. The number of nitrogens with two attached hydrogens (primary N) is 1. The van der Waals surface area contributed by atoms with Gasteiger partial charge in [0.1, 0.15) is 5.69 Å². The summed E-state index contributed by atoms with van der Waals surface area (Å²) in [5.74, 6) is 0. The summed E-state index contributed by atoms with van der Waals surface area (Å²) in [5.41, 5.74) is 6.42. The van der Waals surface area contributed by atoms with Gasteiger partial charge >= 0.3 is 6.18 Å². The molecule has 0 atom stereocenters. The topological polar surface area (TPSA) is 54.7 Å². The summed E-state index contributed by atoms with van der Waals surface area (Å²) in [5, 5.41) is 5.75. The van der Waals surface area contributed by atoms with Crippen LogP contribution in [0.1, 0.15) is 16.8 Å². The second-order valence-electron chi connectivity index (χ2n) is 3.99. The zero-order valence-electron chi connectivity index (χ0n) is 9.67. The van der Waals surface area contributed by atoms with Crippen molar-refractivity contribution >= 4 is 0 Å². The molecule has 0 fully saturated rings. The van der Waals surface area contributed by atoms with Crippen molar-refractivity contribution < 1.29 is 13.2 Å². The Bertz CT molecular complexity index is 541. The number of nitrogens with zero attached hydrogens (tertiary/aromatic N) is 1. The molecule has 1 aromatic carbocycles. The van der Waals surface area contributed by atoms with Crippen LogP contribution in [0.5, 0.6) is 0 Å². The Morgan fingerprint density at radius 3 is 2.33 bits per heavy atom. The Morgan fingerprint density at radius 2 is 1.83 bits per heavy atom. The summed E-state index contributed by atoms with van der Waals surface area (Å²) in [7, 11) is 0. The van der Waals surface area contributed by atoms with Gasteiger partial charge < -0.3 is 5.73 Å². The highest BCUT2D eigenvalue weighted by molar-refractivity contribution is 5.64. The van der Waals surface area contributed by atoms with E-state index in [1.165, 1.54) is 0 Å². The number of H-pyrrole nitrogens is 1. The number of aromatic nitrogens is 2. The molecule has 0 saturated heterocycles. The molecule has 0 aliphatic carbocycles. The summed E-state index contributed by atoms with van der Waals surface area (Å²) in [6, 6.07) is 7.09. The molecule has 18 heavy (non-hydrogen) atoms. The third-order valence-corrected chi connectivity index (χ3v) is 2.68. The molecule has 0 aliphatic rings. The lowest BCUT2D eigenvalue weighted by Crippen LogP contribution is -2.11. The Kier molecular flexibility index (Phi) is 3.13. The van der Waals surface area contributed by atoms with Crippen molar-refractivity contribution in [1.82, 2.24) is 10.2 Å². The molecule has 1 heterocycles. The Hall–Kier alpha value is -1.82. The van der Waals surface area contributed by atoms with Gasteiger partial charge in [-0.05, 0) is 6.92 Å². The molecular weight excluding hydrogens is 243 g/mol. The molecule has 0 unspecified atom stereocenters. The van der Waals surface area contributed by atoms with E-state index >= 15 is 0 Å². The second-order valence-corrected chi connectivity index (χ2v) is 3.99.